The molecule has 1 saturated heterocycles. The minimum Gasteiger partial charge on any atom is -0.454 e. The van der Waals surface area contributed by atoms with Gasteiger partial charge in [-0.2, -0.15) is 0 Å². The number of aromatic nitrogens is 2. The molecule has 0 spiro atoms. The SMILES string of the molecule is Cc1nc(N2CCCC2)nc2c1CCN(C(=O)c1ccc3c(c1)OCO3)CC2. The number of fused-ring (bicyclic) bond motifs is 2. The van der Waals surface area contributed by atoms with Crippen molar-refractivity contribution in [2.45, 2.75) is 32.6 Å². The standard InChI is InChI=1S/C21H24N4O3/c1-14-16-6-10-24(20(26)15-4-5-18-19(12-15)28-13-27-18)11-7-17(16)23-21(22-14)25-8-2-3-9-25/h4-5,12H,2-3,6-11,13H2,1H3. The molecule has 0 bridgehead atoms. The highest BCUT2D eigenvalue weighted by Gasteiger charge is 2.25. The van der Waals surface area contributed by atoms with Gasteiger partial charge in [-0.1, -0.05) is 0 Å². The van der Waals surface area contributed by atoms with E-state index in [4.69, 9.17) is 19.4 Å². The van der Waals surface area contributed by atoms with Gasteiger partial charge in [0.25, 0.3) is 5.91 Å². The summed E-state index contributed by atoms with van der Waals surface area (Å²) in [6.45, 7) is 5.68. The Morgan fingerprint density at radius 2 is 1.79 bits per heavy atom. The van der Waals surface area contributed by atoms with Crippen LogP contribution in [0.25, 0.3) is 0 Å². The molecule has 3 aliphatic rings. The summed E-state index contributed by atoms with van der Waals surface area (Å²) < 4.78 is 10.8. The smallest absolute Gasteiger partial charge is 0.254 e. The van der Waals surface area contributed by atoms with Crippen molar-refractivity contribution >= 4 is 11.9 Å². The lowest BCUT2D eigenvalue weighted by molar-refractivity contribution is 0.0762. The van der Waals surface area contributed by atoms with Crippen LogP contribution < -0.4 is 14.4 Å². The van der Waals surface area contributed by atoms with Crippen LogP contribution in [0.3, 0.4) is 0 Å². The molecular formula is C21H24N4O3. The first-order chi connectivity index (χ1) is 13.7. The Kier molecular flexibility index (Phi) is 4.30. The van der Waals surface area contributed by atoms with Gasteiger partial charge in [-0.15, -0.1) is 0 Å². The van der Waals surface area contributed by atoms with E-state index in [1.165, 1.54) is 18.4 Å². The van der Waals surface area contributed by atoms with E-state index in [1.807, 2.05) is 11.0 Å². The van der Waals surface area contributed by atoms with E-state index in [1.54, 1.807) is 12.1 Å². The lowest BCUT2D eigenvalue weighted by Crippen LogP contribution is -2.33. The van der Waals surface area contributed by atoms with Crippen molar-refractivity contribution < 1.29 is 14.3 Å². The molecular weight excluding hydrogens is 356 g/mol. The van der Waals surface area contributed by atoms with Gasteiger partial charge < -0.3 is 19.3 Å². The van der Waals surface area contributed by atoms with Crippen molar-refractivity contribution in [1.82, 2.24) is 14.9 Å². The number of amides is 1. The van der Waals surface area contributed by atoms with Crippen molar-refractivity contribution in [3.05, 3.63) is 40.7 Å². The quantitative estimate of drug-likeness (QED) is 0.797. The highest BCUT2D eigenvalue weighted by atomic mass is 16.7. The van der Waals surface area contributed by atoms with Crippen LogP contribution in [-0.2, 0) is 12.8 Å². The second-order valence-electron chi connectivity index (χ2n) is 7.59. The van der Waals surface area contributed by atoms with Gasteiger partial charge in [-0.25, -0.2) is 9.97 Å². The molecule has 1 aromatic carbocycles. The number of nitrogens with zero attached hydrogens (tertiary/aromatic N) is 4. The molecule has 0 aliphatic carbocycles. The fourth-order valence-electron chi connectivity index (χ4n) is 4.24. The predicted molar refractivity (Wildman–Crippen MR) is 104 cm³/mol. The second-order valence-corrected chi connectivity index (χ2v) is 7.59. The minimum absolute atomic E-state index is 0.0245. The number of hydrogen-bond donors (Lipinski definition) is 0. The average Bonchev–Trinajstić information content (AvgIpc) is 3.35. The first-order valence-electron chi connectivity index (χ1n) is 9.99. The van der Waals surface area contributed by atoms with Gasteiger partial charge >= 0.3 is 0 Å². The number of ether oxygens (including phenoxy) is 2. The summed E-state index contributed by atoms with van der Waals surface area (Å²) in [5.41, 5.74) is 3.97. The van der Waals surface area contributed by atoms with Gasteiger partial charge in [0.05, 0.1) is 5.69 Å². The van der Waals surface area contributed by atoms with E-state index >= 15 is 0 Å². The van der Waals surface area contributed by atoms with E-state index in [2.05, 4.69) is 11.8 Å². The number of carbonyl (C=O) groups is 1. The van der Waals surface area contributed by atoms with Crippen LogP contribution in [0.5, 0.6) is 11.5 Å². The molecule has 1 aromatic heterocycles. The van der Waals surface area contributed by atoms with Crippen molar-refractivity contribution in [2.75, 3.05) is 37.9 Å². The van der Waals surface area contributed by atoms with Crippen LogP contribution in [-0.4, -0.2) is 53.7 Å². The summed E-state index contributed by atoms with van der Waals surface area (Å²) in [4.78, 5) is 26.9. The van der Waals surface area contributed by atoms with Crippen molar-refractivity contribution in [1.29, 1.82) is 0 Å². The van der Waals surface area contributed by atoms with Gasteiger partial charge in [0, 0.05) is 43.9 Å². The molecule has 3 aliphatic heterocycles. The fourth-order valence-corrected chi connectivity index (χ4v) is 4.24. The third-order valence-corrected chi connectivity index (χ3v) is 5.83. The molecule has 0 saturated carbocycles. The Labute approximate surface area is 164 Å². The maximum atomic E-state index is 13.0. The molecule has 2 aromatic rings. The zero-order valence-corrected chi connectivity index (χ0v) is 16.1. The van der Waals surface area contributed by atoms with Gasteiger partial charge in [-0.3, -0.25) is 4.79 Å². The molecule has 7 heteroatoms. The second kappa shape index (κ2) is 6.96. The van der Waals surface area contributed by atoms with Crippen LogP contribution in [0.2, 0.25) is 0 Å². The molecule has 4 heterocycles. The van der Waals surface area contributed by atoms with E-state index in [-0.39, 0.29) is 12.7 Å². The summed E-state index contributed by atoms with van der Waals surface area (Å²) in [5, 5.41) is 0. The van der Waals surface area contributed by atoms with Crippen LogP contribution in [0.15, 0.2) is 18.2 Å². The van der Waals surface area contributed by atoms with Crippen molar-refractivity contribution in [2.24, 2.45) is 0 Å². The summed E-state index contributed by atoms with van der Waals surface area (Å²) in [7, 11) is 0. The first kappa shape index (κ1) is 17.3. The molecule has 7 nitrogen and oxygen atoms in total. The van der Waals surface area contributed by atoms with Crippen molar-refractivity contribution in [3.63, 3.8) is 0 Å². The monoisotopic (exact) mass is 380 g/mol. The molecule has 28 heavy (non-hydrogen) atoms. The molecule has 146 valence electrons. The summed E-state index contributed by atoms with van der Waals surface area (Å²) in [6, 6.07) is 5.39. The molecule has 1 fully saturated rings. The number of benzene rings is 1. The van der Waals surface area contributed by atoms with Crippen LogP contribution in [0, 0.1) is 6.92 Å². The number of anilines is 1. The zero-order chi connectivity index (χ0) is 19.1. The predicted octanol–water partition coefficient (Wildman–Crippen LogP) is 2.35. The Balaban J connectivity index is 1.36. The Morgan fingerprint density at radius 1 is 1.00 bits per heavy atom. The molecule has 0 N–H and O–H groups in total. The highest BCUT2D eigenvalue weighted by Crippen LogP contribution is 2.33. The lowest BCUT2D eigenvalue weighted by Gasteiger charge is -2.20. The topological polar surface area (TPSA) is 67.8 Å². The van der Waals surface area contributed by atoms with Crippen LogP contribution >= 0.6 is 0 Å². The molecule has 0 unspecified atom stereocenters. The van der Waals surface area contributed by atoms with Gasteiger partial charge in [0.15, 0.2) is 11.5 Å². The summed E-state index contributed by atoms with van der Waals surface area (Å²) in [5.74, 6) is 2.21. The fraction of sp³-hybridized carbons (Fsp3) is 0.476. The van der Waals surface area contributed by atoms with Crippen LogP contribution in [0.1, 0.15) is 40.2 Å². The molecule has 5 rings (SSSR count). The zero-order valence-electron chi connectivity index (χ0n) is 16.1. The minimum atomic E-state index is 0.0245. The number of carbonyl (C=O) groups excluding carboxylic acids is 1. The van der Waals surface area contributed by atoms with E-state index in [0.717, 1.165) is 43.3 Å². The van der Waals surface area contributed by atoms with Gasteiger partial charge in [0.1, 0.15) is 0 Å². The Hall–Kier alpha value is -2.83. The van der Waals surface area contributed by atoms with Crippen LogP contribution in [0.4, 0.5) is 5.95 Å². The third kappa shape index (κ3) is 3.04. The maximum absolute atomic E-state index is 13.0. The molecule has 0 atom stereocenters. The largest absolute Gasteiger partial charge is 0.454 e. The number of rotatable bonds is 2. The average molecular weight is 380 g/mol. The Bertz CT molecular complexity index is 924. The Morgan fingerprint density at radius 3 is 2.64 bits per heavy atom. The van der Waals surface area contributed by atoms with Crippen molar-refractivity contribution in [3.8, 4) is 11.5 Å². The van der Waals surface area contributed by atoms with E-state index < -0.39 is 0 Å². The number of hydrogen-bond acceptors (Lipinski definition) is 6. The first-order valence-corrected chi connectivity index (χ1v) is 9.99. The summed E-state index contributed by atoms with van der Waals surface area (Å²) in [6.07, 6.45) is 3.96. The van der Waals surface area contributed by atoms with E-state index in [9.17, 15) is 4.79 Å². The number of aryl methyl sites for hydroxylation is 1. The highest BCUT2D eigenvalue weighted by molar-refractivity contribution is 5.95. The third-order valence-electron chi connectivity index (χ3n) is 5.83. The summed E-state index contributed by atoms with van der Waals surface area (Å²) >= 11 is 0. The molecule has 1 amide bonds. The normalized spacial score (nSPS) is 18.2. The maximum Gasteiger partial charge on any atom is 0.254 e. The molecule has 0 radical (unpaired) electrons. The van der Waals surface area contributed by atoms with E-state index in [0.29, 0.717) is 30.2 Å². The lowest BCUT2D eigenvalue weighted by atomic mass is 10.1. The van der Waals surface area contributed by atoms with Gasteiger partial charge in [0.2, 0.25) is 12.7 Å². The van der Waals surface area contributed by atoms with Gasteiger partial charge in [-0.05, 0) is 49.9 Å².